The molecule has 1 aliphatic carbocycles. The van der Waals surface area contributed by atoms with E-state index in [1.54, 1.807) is 0 Å². The van der Waals surface area contributed by atoms with Crippen molar-refractivity contribution in [2.45, 2.75) is 39.0 Å². The van der Waals surface area contributed by atoms with Crippen molar-refractivity contribution in [3.63, 3.8) is 0 Å². The fourth-order valence-corrected chi connectivity index (χ4v) is 2.74. The van der Waals surface area contributed by atoms with Crippen LogP contribution in [-0.2, 0) is 11.2 Å². The standard InChI is InChI=1S/C15H18F2O/c1-10(11-2-5-14(18)6-3-11)8-12-9-13(16)4-7-15(12)17/h4,7,9-11H,2-3,5-6,8H2,1H3. The molecule has 0 radical (unpaired) electrons. The van der Waals surface area contributed by atoms with Gasteiger partial charge >= 0.3 is 0 Å². The number of rotatable bonds is 3. The zero-order chi connectivity index (χ0) is 13.1. The Morgan fingerprint density at radius 1 is 1.28 bits per heavy atom. The van der Waals surface area contributed by atoms with Crippen LogP contribution in [0.4, 0.5) is 8.78 Å². The molecule has 1 aliphatic rings. The van der Waals surface area contributed by atoms with Crippen molar-refractivity contribution in [2.24, 2.45) is 11.8 Å². The quantitative estimate of drug-likeness (QED) is 0.797. The molecule has 1 nitrogen and oxygen atoms in total. The minimum atomic E-state index is -0.391. The average molecular weight is 252 g/mol. The lowest BCUT2D eigenvalue weighted by atomic mass is 9.78. The van der Waals surface area contributed by atoms with E-state index in [1.165, 1.54) is 12.1 Å². The molecule has 18 heavy (non-hydrogen) atoms. The molecule has 0 amide bonds. The topological polar surface area (TPSA) is 17.1 Å². The van der Waals surface area contributed by atoms with E-state index in [-0.39, 0.29) is 11.7 Å². The Labute approximate surface area is 106 Å². The van der Waals surface area contributed by atoms with Crippen LogP contribution >= 0.6 is 0 Å². The van der Waals surface area contributed by atoms with Gasteiger partial charge in [0, 0.05) is 12.8 Å². The monoisotopic (exact) mass is 252 g/mol. The number of halogens is 2. The molecule has 0 spiro atoms. The summed E-state index contributed by atoms with van der Waals surface area (Å²) in [6.07, 6.45) is 3.59. The molecule has 2 rings (SSSR count). The summed E-state index contributed by atoms with van der Waals surface area (Å²) in [7, 11) is 0. The first kappa shape index (κ1) is 13.2. The van der Waals surface area contributed by atoms with Gasteiger partial charge in [0.05, 0.1) is 0 Å². The molecular weight excluding hydrogens is 234 g/mol. The van der Waals surface area contributed by atoms with Crippen LogP contribution in [-0.4, -0.2) is 5.78 Å². The molecule has 1 atom stereocenters. The van der Waals surface area contributed by atoms with Crippen molar-refractivity contribution in [1.29, 1.82) is 0 Å². The van der Waals surface area contributed by atoms with Gasteiger partial charge in [0.2, 0.25) is 0 Å². The van der Waals surface area contributed by atoms with Gasteiger partial charge in [-0.1, -0.05) is 6.92 Å². The lowest BCUT2D eigenvalue weighted by Gasteiger charge is -2.27. The van der Waals surface area contributed by atoms with Crippen LogP contribution in [0.5, 0.6) is 0 Å². The van der Waals surface area contributed by atoms with E-state index < -0.39 is 5.82 Å². The summed E-state index contributed by atoms with van der Waals surface area (Å²) in [4.78, 5) is 11.2. The Hall–Kier alpha value is -1.25. The summed E-state index contributed by atoms with van der Waals surface area (Å²) in [5.41, 5.74) is 0.444. The van der Waals surface area contributed by atoms with Gasteiger partial charge in [0.1, 0.15) is 17.4 Å². The van der Waals surface area contributed by atoms with Gasteiger partial charge in [-0.2, -0.15) is 0 Å². The summed E-state index contributed by atoms with van der Waals surface area (Å²) in [6.45, 7) is 2.06. The smallest absolute Gasteiger partial charge is 0.132 e. The number of benzene rings is 1. The van der Waals surface area contributed by atoms with Crippen molar-refractivity contribution in [1.82, 2.24) is 0 Å². The van der Waals surface area contributed by atoms with E-state index in [1.807, 2.05) is 0 Å². The molecule has 0 saturated heterocycles. The van der Waals surface area contributed by atoms with E-state index in [4.69, 9.17) is 0 Å². The molecule has 3 heteroatoms. The van der Waals surface area contributed by atoms with Crippen molar-refractivity contribution in [3.05, 3.63) is 35.4 Å². The predicted octanol–water partition coefficient (Wildman–Crippen LogP) is 3.90. The van der Waals surface area contributed by atoms with Crippen LogP contribution < -0.4 is 0 Å². The SMILES string of the molecule is CC(Cc1cc(F)ccc1F)C1CCC(=O)CC1. The van der Waals surface area contributed by atoms with Gasteiger partial charge in [0.25, 0.3) is 0 Å². The van der Waals surface area contributed by atoms with E-state index in [2.05, 4.69) is 6.92 Å². The van der Waals surface area contributed by atoms with Gasteiger partial charge in [0.15, 0.2) is 0 Å². The zero-order valence-electron chi connectivity index (χ0n) is 10.6. The Morgan fingerprint density at radius 3 is 2.61 bits per heavy atom. The van der Waals surface area contributed by atoms with Gasteiger partial charge in [-0.15, -0.1) is 0 Å². The summed E-state index contributed by atoms with van der Waals surface area (Å²) < 4.78 is 26.6. The number of carbonyl (C=O) groups excluding carboxylic acids is 1. The number of Topliss-reactive ketones (excluding diaryl/α,β-unsaturated/α-hetero) is 1. The Bertz CT molecular complexity index is 432. The third-order valence-electron chi connectivity index (χ3n) is 3.94. The second kappa shape index (κ2) is 5.59. The number of hydrogen-bond donors (Lipinski definition) is 0. The highest BCUT2D eigenvalue weighted by Crippen LogP contribution is 2.30. The average Bonchev–Trinajstić information content (AvgIpc) is 2.34. The third kappa shape index (κ3) is 3.15. The Kier molecular flexibility index (Phi) is 4.10. The molecule has 0 N–H and O–H groups in total. The van der Waals surface area contributed by atoms with Crippen LogP contribution in [0.2, 0.25) is 0 Å². The summed E-state index contributed by atoms with van der Waals surface area (Å²) in [6, 6.07) is 3.60. The maximum absolute atomic E-state index is 13.5. The Morgan fingerprint density at radius 2 is 1.94 bits per heavy atom. The van der Waals surface area contributed by atoms with Gasteiger partial charge in [-0.05, 0) is 54.9 Å². The minimum absolute atomic E-state index is 0.286. The minimum Gasteiger partial charge on any atom is -0.300 e. The first-order chi connectivity index (χ1) is 8.56. The molecule has 0 aliphatic heterocycles. The van der Waals surface area contributed by atoms with Crippen LogP contribution in [0.25, 0.3) is 0 Å². The lowest BCUT2D eigenvalue weighted by molar-refractivity contribution is -0.121. The maximum Gasteiger partial charge on any atom is 0.132 e. The van der Waals surface area contributed by atoms with Crippen LogP contribution in [0.15, 0.2) is 18.2 Å². The van der Waals surface area contributed by atoms with Gasteiger partial charge < -0.3 is 0 Å². The molecule has 1 unspecified atom stereocenters. The van der Waals surface area contributed by atoms with E-state index in [0.29, 0.717) is 36.5 Å². The maximum atomic E-state index is 13.5. The van der Waals surface area contributed by atoms with Crippen LogP contribution in [0.3, 0.4) is 0 Å². The molecule has 0 aromatic heterocycles. The predicted molar refractivity (Wildman–Crippen MR) is 66.2 cm³/mol. The highest BCUT2D eigenvalue weighted by molar-refractivity contribution is 5.79. The first-order valence-corrected chi connectivity index (χ1v) is 6.52. The molecular formula is C15H18F2O. The summed E-state index contributed by atoms with van der Waals surface area (Å²) >= 11 is 0. The molecule has 1 aromatic carbocycles. The first-order valence-electron chi connectivity index (χ1n) is 6.52. The van der Waals surface area contributed by atoms with Crippen molar-refractivity contribution in [2.75, 3.05) is 0 Å². The molecule has 1 fully saturated rings. The fraction of sp³-hybridized carbons (Fsp3) is 0.533. The molecule has 0 bridgehead atoms. The highest BCUT2D eigenvalue weighted by Gasteiger charge is 2.24. The molecule has 0 heterocycles. The normalized spacial score (nSPS) is 18.9. The van der Waals surface area contributed by atoms with E-state index >= 15 is 0 Å². The molecule has 98 valence electrons. The van der Waals surface area contributed by atoms with Crippen molar-refractivity contribution in [3.8, 4) is 0 Å². The van der Waals surface area contributed by atoms with Gasteiger partial charge in [-0.25, -0.2) is 8.78 Å². The Balaban J connectivity index is 2.00. The van der Waals surface area contributed by atoms with E-state index in [0.717, 1.165) is 18.9 Å². The number of hydrogen-bond acceptors (Lipinski definition) is 1. The van der Waals surface area contributed by atoms with Crippen LogP contribution in [0.1, 0.15) is 38.2 Å². The zero-order valence-corrected chi connectivity index (χ0v) is 10.6. The molecule has 1 aromatic rings. The highest BCUT2D eigenvalue weighted by atomic mass is 19.1. The van der Waals surface area contributed by atoms with Crippen LogP contribution in [0, 0.1) is 23.5 Å². The second-order valence-corrected chi connectivity index (χ2v) is 5.29. The molecule has 1 saturated carbocycles. The van der Waals surface area contributed by atoms with Crippen molar-refractivity contribution < 1.29 is 13.6 Å². The second-order valence-electron chi connectivity index (χ2n) is 5.29. The summed E-state index contributed by atoms with van der Waals surface area (Å²) in [5, 5.41) is 0. The van der Waals surface area contributed by atoms with Gasteiger partial charge in [-0.3, -0.25) is 4.79 Å². The third-order valence-corrected chi connectivity index (χ3v) is 3.94. The lowest BCUT2D eigenvalue weighted by Crippen LogP contribution is -2.21. The largest absolute Gasteiger partial charge is 0.300 e. The van der Waals surface area contributed by atoms with E-state index in [9.17, 15) is 13.6 Å². The fourth-order valence-electron chi connectivity index (χ4n) is 2.74. The number of ketones is 1. The number of carbonyl (C=O) groups is 1. The summed E-state index contributed by atoms with van der Waals surface area (Å²) in [5.74, 6) is 0.336. The van der Waals surface area contributed by atoms with Crippen molar-refractivity contribution >= 4 is 5.78 Å².